The number of phenolic OH excluding ortho intramolecular Hbond substituents is 4. The lowest BCUT2D eigenvalue weighted by atomic mass is 10.1. The standard InChI is InChI=1S/C10H8O4/c11-5-1-2-6-7(3-5)8(12)4-9(13)10(6)14/h1-4,11-14H. The summed E-state index contributed by atoms with van der Waals surface area (Å²) in [5, 5.41) is 37.8. The molecule has 0 atom stereocenters. The molecule has 0 aromatic heterocycles. The first kappa shape index (κ1) is 8.50. The van der Waals surface area contributed by atoms with Crippen LogP contribution in [0.1, 0.15) is 0 Å². The Labute approximate surface area is 79.3 Å². The SMILES string of the molecule is Oc1ccc2c(O)c(O)cc(O)c2c1. The maximum Gasteiger partial charge on any atom is 0.165 e. The van der Waals surface area contributed by atoms with Crippen molar-refractivity contribution in [1.29, 1.82) is 0 Å². The molecule has 0 radical (unpaired) electrons. The van der Waals surface area contributed by atoms with Gasteiger partial charge in [0.25, 0.3) is 0 Å². The fraction of sp³-hybridized carbons (Fsp3) is 0. The van der Waals surface area contributed by atoms with E-state index in [-0.39, 0.29) is 23.0 Å². The van der Waals surface area contributed by atoms with Crippen LogP contribution >= 0.6 is 0 Å². The molecular formula is C10H8O4. The third-order valence-electron chi connectivity index (χ3n) is 2.05. The summed E-state index contributed by atoms with van der Waals surface area (Å²) in [6.45, 7) is 0. The molecule has 0 saturated carbocycles. The Morgan fingerprint density at radius 2 is 1.43 bits per heavy atom. The molecule has 0 fully saturated rings. The molecule has 0 aliphatic carbocycles. The van der Waals surface area contributed by atoms with Crippen molar-refractivity contribution >= 4 is 10.8 Å². The van der Waals surface area contributed by atoms with Gasteiger partial charge in [0.2, 0.25) is 0 Å². The maximum atomic E-state index is 9.43. The molecule has 4 nitrogen and oxygen atoms in total. The lowest BCUT2D eigenvalue weighted by Crippen LogP contribution is -1.77. The minimum atomic E-state index is -0.388. The molecule has 72 valence electrons. The molecule has 2 rings (SSSR count). The summed E-state index contributed by atoms with van der Waals surface area (Å²) in [4.78, 5) is 0. The predicted octanol–water partition coefficient (Wildman–Crippen LogP) is 1.66. The average Bonchev–Trinajstić information content (AvgIpc) is 2.14. The zero-order valence-electron chi connectivity index (χ0n) is 7.10. The first-order valence-electron chi connectivity index (χ1n) is 3.96. The topological polar surface area (TPSA) is 80.9 Å². The molecular weight excluding hydrogens is 184 g/mol. The van der Waals surface area contributed by atoms with Crippen LogP contribution in [0.2, 0.25) is 0 Å². The summed E-state index contributed by atoms with van der Waals surface area (Å²) in [7, 11) is 0. The van der Waals surface area contributed by atoms with E-state index >= 15 is 0 Å². The van der Waals surface area contributed by atoms with Crippen molar-refractivity contribution in [3.05, 3.63) is 24.3 Å². The van der Waals surface area contributed by atoms with Gasteiger partial charge in [-0.05, 0) is 18.2 Å². The highest BCUT2D eigenvalue weighted by molar-refractivity contribution is 5.95. The van der Waals surface area contributed by atoms with Gasteiger partial charge in [0.15, 0.2) is 11.5 Å². The second-order valence-electron chi connectivity index (χ2n) is 2.99. The predicted molar refractivity (Wildman–Crippen MR) is 50.6 cm³/mol. The number of hydrogen-bond acceptors (Lipinski definition) is 4. The van der Waals surface area contributed by atoms with E-state index in [0.717, 1.165) is 6.07 Å². The van der Waals surface area contributed by atoms with Gasteiger partial charge in [-0.1, -0.05) is 0 Å². The number of fused-ring (bicyclic) bond motifs is 1. The van der Waals surface area contributed by atoms with Crippen molar-refractivity contribution in [2.45, 2.75) is 0 Å². The Hall–Kier alpha value is -2.10. The van der Waals surface area contributed by atoms with Gasteiger partial charge in [-0.15, -0.1) is 0 Å². The molecule has 14 heavy (non-hydrogen) atoms. The van der Waals surface area contributed by atoms with Gasteiger partial charge in [-0.2, -0.15) is 0 Å². The Bertz CT molecular complexity index is 505. The smallest absolute Gasteiger partial charge is 0.165 e. The average molecular weight is 192 g/mol. The van der Waals surface area contributed by atoms with Crippen molar-refractivity contribution in [3.8, 4) is 23.0 Å². The highest BCUT2D eigenvalue weighted by atomic mass is 16.3. The Balaban J connectivity index is 2.94. The highest BCUT2D eigenvalue weighted by Gasteiger charge is 2.10. The number of phenols is 4. The van der Waals surface area contributed by atoms with Crippen LogP contribution in [0.15, 0.2) is 24.3 Å². The van der Waals surface area contributed by atoms with Crippen LogP contribution in [0, 0.1) is 0 Å². The second-order valence-corrected chi connectivity index (χ2v) is 2.99. The molecule has 2 aromatic carbocycles. The van der Waals surface area contributed by atoms with Gasteiger partial charge < -0.3 is 20.4 Å². The summed E-state index contributed by atoms with van der Waals surface area (Å²) >= 11 is 0. The van der Waals surface area contributed by atoms with Crippen LogP contribution in [-0.4, -0.2) is 20.4 Å². The molecule has 0 saturated heterocycles. The molecule has 0 spiro atoms. The second kappa shape index (κ2) is 2.70. The minimum Gasteiger partial charge on any atom is -0.508 e. The van der Waals surface area contributed by atoms with Gasteiger partial charge in [0.05, 0.1) is 0 Å². The van der Waals surface area contributed by atoms with E-state index in [1.165, 1.54) is 18.2 Å². The lowest BCUT2D eigenvalue weighted by molar-refractivity contribution is 0.402. The Morgan fingerprint density at radius 3 is 2.14 bits per heavy atom. The quantitative estimate of drug-likeness (QED) is 0.378. The summed E-state index contributed by atoms with van der Waals surface area (Å²) in [5.74, 6) is -0.900. The molecule has 0 bridgehead atoms. The van der Waals surface area contributed by atoms with Crippen LogP contribution in [0.25, 0.3) is 10.8 Å². The van der Waals surface area contributed by atoms with E-state index in [4.69, 9.17) is 5.11 Å². The molecule has 2 aromatic rings. The van der Waals surface area contributed by atoms with Crippen molar-refractivity contribution in [3.63, 3.8) is 0 Å². The maximum absolute atomic E-state index is 9.43. The summed E-state index contributed by atoms with van der Waals surface area (Å²) in [6.07, 6.45) is 0. The van der Waals surface area contributed by atoms with Crippen LogP contribution in [0.4, 0.5) is 0 Å². The van der Waals surface area contributed by atoms with Crippen molar-refractivity contribution in [1.82, 2.24) is 0 Å². The minimum absolute atomic E-state index is 0.0158. The van der Waals surface area contributed by atoms with E-state index in [1.54, 1.807) is 0 Å². The Kier molecular flexibility index (Phi) is 1.64. The normalized spacial score (nSPS) is 10.6. The van der Waals surface area contributed by atoms with E-state index in [9.17, 15) is 15.3 Å². The van der Waals surface area contributed by atoms with Gasteiger partial charge in [0, 0.05) is 16.8 Å². The number of benzene rings is 2. The van der Waals surface area contributed by atoms with Crippen molar-refractivity contribution < 1.29 is 20.4 Å². The number of aromatic hydroxyl groups is 4. The zero-order chi connectivity index (χ0) is 10.3. The van der Waals surface area contributed by atoms with E-state index in [2.05, 4.69) is 0 Å². The van der Waals surface area contributed by atoms with E-state index < -0.39 is 0 Å². The third kappa shape index (κ3) is 1.08. The molecule has 0 amide bonds. The summed E-state index contributed by atoms with van der Waals surface area (Å²) < 4.78 is 0. The number of hydrogen-bond donors (Lipinski definition) is 4. The fourth-order valence-corrected chi connectivity index (χ4v) is 1.36. The first-order chi connectivity index (χ1) is 6.59. The molecule has 4 N–H and O–H groups in total. The summed E-state index contributed by atoms with van der Waals surface area (Å²) in [6, 6.07) is 5.11. The fourth-order valence-electron chi connectivity index (χ4n) is 1.36. The van der Waals surface area contributed by atoms with Gasteiger partial charge in [-0.3, -0.25) is 0 Å². The largest absolute Gasteiger partial charge is 0.508 e. The molecule has 0 aliphatic rings. The van der Waals surface area contributed by atoms with Crippen LogP contribution in [0.5, 0.6) is 23.0 Å². The lowest BCUT2D eigenvalue weighted by Gasteiger charge is -2.05. The van der Waals surface area contributed by atoms with E-state index in [0.29, 0.717) is 10.8 Å². The molecule has 0 aliphatic heterocycles. The van der Waals surface area contributed by atoms with Gasteiger partial charge in [-0.25, -0.2) is 0 Å². The van der Waals surface area contributed by atoms with Crippen molar-refractivity contribution in [2.24, 2.45) is 0 Å². The highest BCUT2D eigenvalue weighted by Crippen LogP contribution is 2.40. The van der Waals surface area contributed by atoms with Crippen LogP contribution in [0.3, 0.4) is 0 Å². The summed E-state index contributed by atoms with van der Waals surface area (Å²) in [5.41, 5.74) is 0. The third-order valence-corrected chi connectivity index (χ3v) is 2.05. The molecule has 0 heterocycles. The van der Waals surface area contributed by atoms with E-state index in [1.807, 2.05) is 0 Å². The zero-order valence-corrected chi connectivity index (χ0v) is 7.10. The van der Waals surface area contributed by atoms with Crippen LogP contribution < -0.4 is 0 Å². The molecule has 0 unspecified atom stereocenters. The first-order valence-corrected chi connectivity index (χ1v) is 3.96. The monoisotopic (exact) mass is 192 g/mol. The number of rotatable bonds is 0. The van der Waals surface area contributed by atoms with Crippen molar-refractivity contribution in [2.75, 3.05) is 0 Å². The van der Waals surface area contributed by atoms with Crippen LogP contribution in [-0.2, 0) is 0 Å². The molecule has 4 heteroatoms. The Morgan fingerprint density at radius 1 is 0.714 bits per heavy atom. The van der Waals surface area contributed by atoms with Gasteiger partial charge in [0.1, 0.15) is 11.5 Å². The van der Waals surface area contributed by atoms with Gasteiger partial charge >= 0.3 is 0 Å².